The molecule has 9 heteroatoms. The van der Waals surface area contributed by atoms with Crippen LogP contribution >= 0.6 is 23.2 Å². The van der Waals surface area contributed by atoms with E-state index in [1.54, 1.807) is 25.3 Å². The first-order valence-corrected chi connectivity index (χ1v) is 13.5. The molecular weight excluding hydrogens is 511 g/mol. The number of nitrogens with one attached hydrogen (secondary N) is 3. The van der Waals surface area contributed by atoms with Crippen LogP contribution < -0.4 is 16.0 Å². The number of benzene rings is 2. The van der Waals surface area contributed by atoms with E-state index in [1.807, 2.05) is 18.2 Å². The van der Waals surface area contributed by atoms with Gasteiger partial charge in [0.05, 0.1) is 32.9 Å². The molecule has 1 atom stereocenters. The normalized spacial score (nSPS) is 21.6. The van der Waals surface area contributed by atoms with Crippen LogP contribution in [-0.2, 0) is 4.79 Å². The van der Waals surface area contributed by atoms with Crippen molar-refractivity contribution in [3.63, 3.8) is 0 Å². The largest absolute Gasteiger partial charge is 0.505 e. The predicted molar refractivity (Wildman–Crippen MR) is 148 cm³/mol. The third-order valence-corrected chi connectivity index (χ3v) is 7.97. The standard InChI is InChI=1S/C28H30Cl2N4O3/c1-15(35)21-14-32-24-9-4-16(17-12-22(29)27(36)23(30)13-17)11-20(24)26(21)33-18-5-7-19(8-6-18)34-28(37)25-3-2-10-31-25/h4,9,11-14,18-19,25,31,36H,2-3,5-8,10H2,1H3,(H,32,33)(H,34,37)/t18-,19-,25-/m0/s1. The second-order valence-electron chi connectivity index (χ2n) is 9.97. The molecule has 194 valence electrons. The van der Waals surface area contributed by atoms with Gasteiger partial charge < -0.3 is 21.1 Å². The quantitative estimate of drug-likeness (QED) is 0.298. The van der Waals surface area contributed by atoms with Crippen LogP contribution in [0.2, 0.25) is 10.0 Å². The summed E-state index contributed by atoms with van der Waals surface area (Å²) < 4.78 is 0. The molecule has 0 bridgehead atoms. The minimum Gasteiger partial charge on any atom is -0.505 e. The Morgan fingerprint density at radius 2 is 1.70 bits per heavy atom. The van der Waals surface area contributed by atoms with Crippen molar-refractivity contribution in [3.8, 4) is 16.9 Å². The molecular formula is C28H30Cl2N4O3. The smallest absolute Gasteiger partial charge is 0.237 e. The summed E-state index contributed by atoms with van der Waals surface area (Å²) in [6.45, 7) is 2.45. The van der Waals surface area contributed by atoms with Gasteiger partial charge in [-0.15, -0.1) is 0 Å². The van der Waals surface area contributed by atoms with E-state index in [9.17, 15) is 14.7 Å². The fourth-order valence-electron chi connectivity index (χ4n) is 5.32. The summed E-state index contributed by atoms with van der Waals surface area (Å²) in [5.74, 6) is -0.111. The number of amides is 1. The number of Topliss-reactive ketones (excluding diaryl/α,β-unsaturated/α-hetero) is 1. The molecule has 0 radical (unpaired) electrons. The van der Waals surface area contributed by atoms with Crippen LogP contribution in [0.3, 0.4) is 0 Å². The number of nitrogens with zero attached hydrogens (tertiary/aromatic N) is 1. The number of fused-ring (bicyclic) bond motifs is 1. The number of halogens is 2. The third kappa shape index (κ3) is 5.54. The Balaban J connectivity index is 1.38. The summed E-state index contributed by atoms with van der Waals surface area (Å²) >= 11 is 12.3. The van der Waals surface area contributed by atoms with Crippen molar-refractivity contribution >= 4 is 51.5 Å². The molecule has 2 aliphatic rings. The zero-order valence-electron chi connectivity index (χ0n) is 20.6. The molecule has 5 rings (SSSR count). The monoisotopic (exact) mass is 540 g/mol. The molecule has 7 nitrogen and oxygen atoms in total. The fourth-order valence-corrected chi connectivity index (χ4v) is 5.81. The SMILES string of the molecule is CC(=O)c1cnc2ccc(-c3cc(Cl)c(O)c(Cl)c3)cc2c1N[C@H]1CC[C@H](NC(=O)[C@@H]2CCCN2)CC1. The summed E-state index contributed by atoms with van der Waals surface area (Å²) in [5, 5.41) is 21.2. The van der Waals surface area contributed by atoms with Crippen molar-refractivity contribution in [2.75, 3.05) is 11.9 Å². The molecule has 2 fully saturated rings. The summed E-state index contributed by atoms with van der Waals surface area (Å²) in [4.78, 5) is 29.6. The minimum absolute atomic E-state index is 0.0651. The van der Waals surface area contributed by atoms with Crippen LogP contribution in [0.4, 0.5) is 5.69 Å². The molecule has 2 heterocycles. The Morgan fingerprint density at radius 3 is 2.35 bits per heavy atom. The number of ketones is 1. The van der Waals surface area contributed by atoms with Gasteiger partial charge >= 0.3 is 0 Å². The van der Waals surface area contributed by atoms with Crippen molar-refractivity contribution in [2.45, 2.75) is 63.6 Å². The molecule has 1 amide bonds. The molecule has 0 spiro atoms. The molecule has 1 aliphatic carbocycles. The summed E-state index contributed by atoms with van der Waals surface area (Å²) in [6.07, 6.45) is 7.09. The molecule has 3 aromatic rings. The number of carbonyl (C=O) groups excluding carboxylic acids is 2. The van der Waals surface area contributed by atoms with Gasteiger partial charge in [-0.25, -0.2) is 0 Å². The van der Waals surface area contributed by atoms with Gasteiger partial charge in [0, 0.05) is 23.7 Å². The van der Waals surface area contributed by atoms with Crippen LogP contribution in [0.15, 0.2) is 36.5 Å². The number of aromatic nitrogens is 1. The van der Waals surface area contributed by atoms with Gasteiger partial charge in [-0.05, 0) is 87.4 Å². The average molecular weight is 541 g/mol. The first kappa shape index (κ1) is 25.8. The number of pyridine rings is 1. The highest BCUT2D eigenvalue weighted by Gasteiger charge is 2.28. The van der Waals surface area contributed by atoms with Crippen molar-refractivity contribution in [1.82, 2.24) is 15.6 Å². The number of aromatic hydroxyl groups is 1. The minimum atomic E-state index is -0.151. The van der Waals surface area contributed by atoms with Crippen LogP contribution in [0.5, 0.6) is 5.75 Å². The summed E-state index contributed by atoms with van der Waals surface area (Å²) in [7, 11) is 0. The van der Waals surface area contributed by atoms with Crippen molar-refractivity contribution < 1.29 is 14.7 Å². The Kier molecular flexibility index (Phi) is 7.56. The molecule has 1 saturated carbocycles. The first-order chi connectivity index (χ1) is 17.8. The van der Waals surface area contributed by atoms with Crippen LogP contribution in [0, 0.1) is 0 Å². The van der Waals surface area contributed by atoms with Crippen molar-refractivity contribution in [3.05, 3.63) is 52.1 Å². The van der Waals surface area contributed by atoms with Crippen molar-refractivity contribution in [1.29, 1.82) is 0 Å². The molecule has 37 heavy (non-hydrogen) atoms. The molecule has 2 aromatic carbocycles. The van der Waals surface area contributed by atoms with Gasteiger partial charge in [0.2, 0.25) is 5.91 Å². The van der Waals surface area contributed by atoms with Crippen LogP contribution in [-0.4, -0.2) is 46.5 Å². The van der Waals surface area contributed by atoms with Gasteiger partial charge in [0.1, 0.15) is 0 Å². The lowest BCUT2D eigenvalue weighted by molar-refractivity contribution is -0.123. The summed E-state index contributed by atoms with van der Waals surface area (Å²) in [6, 6.07) is 9.39. The van der Waals surface area contributed by atoms with Gasteiger partial charge in [-0.3, -0.25) is 14.6 Å². The van der Waals surface area contributed by atoms with Crippen LogP contribution in [0.1, 0.15) is 55.8 Å². The van der Waals surface area contributed by atoms with Gasteiger partial charge in [0.25, 0.3) is 0 Å². The summed E-state index contributed by atoms with van der Waals surface area (Å²) in [5.41, 5.74) is 3.65. The Morgan fingerprint density at radius 1 is 1.00 bits per heavy atom. The number of phenolic OH excluding ortho intramolecular Hbond substituents is 1. The van der Waals surface area contributed by atoms with Crippen molar-refractivity contribution in [2.24, 2.45) is 0 Å². The zero-order valence-corrected chi connectivity index (χ0v) is 22.1. The van der Waals surface area contributed by atoms with E-state index in [2.05, 4.69) is 20.9 Å². The molecule has 0 unspecified atom stereocenters. The highest BCUT2D eigenvalue weighted by atomic mass is 35.5. The lowest BCUT2D eigenvalue weighted by Crippen LogP contribution is -2.47. The fraction of sp³-hybridized carbons (Fsp3) is 0.393. The maximum atomic E-state index is 12.5. The highest BCUT2D eigenvalue weighted by Crippen LogP contribution is 2.38. The maximum absolute atomic E-state index is 12.5. The first-order valence-electron chi connectivity index (χ1n) is 12.7. The number of rotatable bonds is 6. The number of phenols is 1. The Labute approximate surface area is 225 Å². The van der Waals surface area contributed by atoms with Gasteiger partial charge in [-0.2, -0.15) is 0 Å². The van der Waals surface area contributed by atoms with E-state index in [-0.39, 0.29) is 45.6 Å². The number of anilines is 1. The molecule has 1 aromatic heterocycles. The predicted octanol–water partition coefficient (Wildman–Crippen LogP) is 5.71. The van der Waals surface area contributed by atoms with E-state index < -0.39 is 0 Å². The Hall–Kier alpha value is -2.87. The van der Waals surface area contributed by atoms with E-state index in [0.29, 0.717) is 5.56 Å². The van der Waals surface area contributed by atoms with E-state index in [0.717, 1.165) is 72.8 Å². The molecule has 4 N–H and O–H groups in total. The second-order valence-corrected chi connectivity index (χ2v) is 10.8. The zero-order chi connectivity index (χ0) is 26.1. The topological polar surface area (TPSA) is 103 Å². The van der Waals surface area contributed by atoms with E-state index >= 15 is 0 Å². The maximum Gasteiger partial charge on any atom is 0.237 e. The van der Waals surface area contributed by atoms with E-state index in [4.69, 9.17) is 23.2 Å². The third-order valence-electron chi connectivity index (χ3n) is 7.40. The lowest BCUT2D eigenvalue weighted by Gasteiger charge is -2.31. The molecule has 1 aliphatic heterocycles. The highest BCUT2D eigenvalue weighted by molar-refractivity contribution is 6.37. The van der Waals surface area contributed by atoms with Gasteiger partial charge in [-0.1, -0.05) is 29.3 Å². The average Bonchev–Trinajstić information content (AvgIpc) is 3.43. The van der Waals surface area contributed by atoms with E-state index in [1.165, 1.54) is 0 Å². The Bertz CT molecular complexity index is 1330. The number of carbonyl (C=O) groups is 2. The number of hydrogen-bond donors (Lipinski definition) is 4. The van der Waals surface area contributed by atoms with Crippen LogP contribution in [0.25, 0.3) is 22.0 Å². The second kappa shape index (κ2) is 10.9. The lowest BCUT2D eigenvalue weighted by atomic mass is 9.90. The number of hydrogen-bond acceptors (Lipinski definition) is 6. The van der Waals surface area contributed by atoms with Gasteiger partial charge in [0.15, 0.2) is 11.5 Å². The molecule has 1 saturated heterocycles.